The van der Waals surface area contributed by atoms with Crippen LogP contribution in [0.4, 0.5) is 0 Å². The molecule has 0 heterocycles. The van der Waals surface area contributed by atoms with Crippen molar-refractivity contribution in [3.8, 4) is 6.07 Å². The highest BCUT2D eigenvalue weighted by molar-refractivity contribution is 5.98. The Morgan fingerprint density at radius 1 is 1.55 bits per heavy atom. The van der Waals surface area contributed by atoms with E-state index in [0.717, 1.165) is 0 Å². The summed E-state index contributed by atoms with van der Waals surface area (Å²) in [5.41, 5.74) is -0.00317. The molecule has 0 atom stereocenters. The average molecular weight is 151 g/mol. The fourth-order valence-corrected chi connectivity index (χ4v) is 0.651. The van der Waals surface area contributed by atoms with Gasteiger partial charge in [0.15, 0.2) is 5.78 Å². The minimum Gasteiger partial charge on any atom is -0.293 e. The third kappa shape index (κ3) is 4.32. The summed E-state index contributed by atoms with van der Waals surface area (Å²) in [6.45, 7) is 9.21. The quantitative estimate of drug-likeness (QED) is 0.447. The van der Waals surface area contributed by atoms with Crippen molar-refractivity contribution in [2.24, 2.45) is 5.41 Å². The van der Waals surface area contributed by atoms with Gasteiger partial charge in [-0.3, -0.25) is 4.79 Å². The largest absolute Gasteiger partial charge is 0.293 e. The maximum atomic E-state index is 11.1. The Hall–Kier alpha value is -1.10. The van der Waals surface area contributed by atoms with Crippen LogP contribution in [0, 0.1) is 16.7 Å². The second-order valence-corrected chi connectivity index (χ2v) is 3.75. The number of allylic oxidation sites excluding steroid dienone is 1. The van der Waals surface area contributed by atoms with Crippen LogP contribution >= 0.6 is 0 Å². The Morgan fingerprint density at radius 3 is 2.27 bits per heavy atom. The number of carbonyl (C=O) groups is 1. The van der Waals surface area contributed by atoms with Gasteiger partial charge >= 0.3 is 0 Å². The molecule has 60 valence electrons. The molecule has 0 N–H and O–H groups in total. The molecule has 2 nitrogen and oxygen atoms in total. The minimum atomic E-state index is -0.153. The van der Waals surface area contributed by atoms with Crippen molar-refractivity contribution < 1.29 is 4.79 Å². The lowest BCUT2D eigenvalue weighted by atomic mass is 9.88. The van der Waals surface area contributed by atoms with Crippen molar-refractivity contribution in [2.45, 2.75) is 27.2 Å². The highest BCUT2D eigenvalue weighted by atomic mass is 16.1. The van der Waals surface area contributed by atoms with E-state index in [2.05, 4.69) is 6.58 Å². The van der Waals surface area contributed by atoms with E-state index >= 15 is 0 Å². The fourth-order valence-electron chi connectivity index (χ4n) is 0.651. The van der Waals surface area contributed by atoms with Crippen LogP contribution in [0.2, 0.25) is 0 Å². The van der Waals surface area contributed by atoms with Gasteiger partial charge in [0.05, 0.1) is 5.57 Å². The standard InChI is InChI=1S/C9H13NO/c1-7(6-10)8(11)5-9(2,3)4/h1,5H2,2-4H3. The number of rotatable bonds is 2. The van der Waals surface area contributed by atoms with Gasteiger partial charge in [0.2, 0.25) is 0 Å². The Labute approximate surface area is 67.5 Å². The number of nitriles is 1. The molecule has 0 aliphatic rings. The van der Waals surface area contributed by atoms with E-state index in [1.165, 1.54) is 0 Å². The van der Waals surface area contributed by atoms with E-state index in [1.54, 1.807) is 6.07 Å². The molecule has 0 saturated heterocycles. The van der Waals surface area contributed by atoms with Crippen LogP contribution in [0.5, 0.6) is 0 Å². The van der Waals surface area contributed by atoms with E-state index in [1.807, 2.05) is 20.8 Å². The molecule has 0 rings (SSSR count). The summed E-state index contributed by atoms with van der Waals surface area (Å²) in [4.78, 5) is 11.1. The first-order valence-electron chi connectivity index (χ1n) is 3.49. The van der Waals surface area contributed by atoms with Crippen LogP contribution < -0.4 is 0 Å². The Kier molecular flexibility index (Phi) is 3.00. The maximum Gasteiger partial charge on any atom is 0.173 e. The van der Waals surface area contributed by atoms with Crippen molar-refractivity contribution >= 4 is 5.78 Å². The van der Waals surface area contributed by atoms with Crippen LogP contribution in [0.15, 0.2) is 12.2 Å². The lowest BCUT2D eigenvalue weighted by Gasteiger charge is -2.15. The van der Waals surface area contributed by atoms with Crippen molar-refractivity contribution in [1.82, 2.24) is 0 Å². The van der Waals surface area contributed by atoms with E-state index in [9.17, 15) is 4.79 Å². The molecule has 2 heteroatoms. The van der Waals surface area contributed by atoms with Gasteiger partial charge in [-0.2, -0.15) is 5.26 Å². The van der Waals surface area contributed by atoms with Gasteiger partial charge in [-0.05, 0) is 5.41 Å². The highest BCUT2D eigenvalue weighted by Gasteiger charge is 2.17. The Bertz CT molecular complexity index is 215. The molecule has 0 bridgehead atoms. The zero-order valence-electron chi connectivity index (χ0n) is 7.27. The van der Waals surface area contributed by atoms with Gasteiger partial charge in [0, 0.05) is 6.42 Å². The first-order chi connectivity index (χ1) is 4.87. The van der Waals surface area contributed by atoms with Crippen LogP contribution in [0.25, 0.3) is 0 Å². The monoisotopic (exact) mass is 151 g/mol. The second kappa shape index (κ2) is 3.34. The van der Waals surface area contributed by atoms with Crippen molar-refractivity contribution in [3.63, 3.8) is 0 Å². The first kappa shape index (κ1) is 9.90. The van der Waals surface area contributed by atoms with E-state index in [0.29, 0.717) is 6.42 Å². The van der Waals surface area contributed by atoms with E-state index in [-0.39, 0.29) is 16.8 Å². The summed E-state index contributed by atoms with van der Waals surface area (Å²) in [5.74, 6) is -0.153. The molecule has 0 aromatic heterocycles. The third-order valence-electron chi connectivity index (χ3n) is 1.16. The molecule has 0 aliphatic heterocycles. The summed E-state index contributed by atoms with van der Waals surface area (Å²) in [6.07, 6.45) is 0.388. The number of hydrogen-bond acceptors (Lipinski definition) is 2. The Balaban J connectivity index is 4.13. The smallest absolute Gasteiger partial charge is 0.173 e. The van der Waals surface area contributed by atoms with Crippen molar-refractivity contribution in [3.05, 3.63) is 12.2 Å². The van der Waals surface area contributed by atoms with Crippen molar-refractivity contribution in [1.29, 1.82) is 5.26 Å². The topological polar surface area (TPSA) is 40.9 Å². The SMILES string of the molecule is C=C(C#N)C(=O)CC(C)(C)C. The molecule has 0 saturated carbocycles. The predicted octanol–water partition coefficient (Wildman–Crippen LogP) is 2.07. The Morgan fingerprint density at radius 2 is 2.00 bits per heavy atom. The van der Waals surface area contributed by atoms with Gasteiger partial charge in [-0.15, -0.1) is 0 Å². The molecule has 0 spiro atoms. The number of Topliss-reactive ketones (excluding diaryl/α,β-unsaturated/α-hetero) is 1. The average Bonchev–Trinajstić information content (AvgIpc) is 1.82. The third-order valence-corrected chi connectivity index (χ3v) is 1.16. The van der Waals surface area contributed by atoms with Crippen molar-refractivity contribution in [2.75, 3.05) is 0 Å². The molecule has 0 aliphatic carbocycles. The molecule has 0 radical (unpaired) electrons. The van der Waals surface area contributed by atoms with Gasteiger partial charge in [-0.1, -0.05) is 27.4 Å². The molecule has 11 heavy (non-hydrogen) atoms. The van der Waals surface area contributed by atoms with Crippen LogP contribution in [0.3, 0.4) is 0 Å². The first-order valence-corrected chi connectivity index (χ1v) is 3.49. The zero-order valence-corrected chi connectivity index (χ0v) is 7.27. The highest BCUT2D eigenvalue weighted by Crippen LogP contribution is 2.20. The molecule has 0 amide bonds. The number of hydrogen-bond donors (Lipinski definition) is 0. The number of nitrogens with zero attached hydrogens (tertiary/aromatic N) is 1. The summed E-state index contributed by atoms with van der Waals surface area (Å²) >= 11 is 0. The molecule has 0 fully saturated rings. The van der Waals surface area contributed by atoms with Gasteiger partial charge in [0.25, 0.3) is 0 Å². The van der Waals surface area contributed by atoms with E-state index in [4.69, 9.17) is 5.26 Å². The maximum absolute atomic E-state index is 11.1. The summed E-state index contributed by atoms with van der Waals surface area (Å²) < 4.78 is 0. The lowest BCUT2D eigenvalue weighted by molar-refractivity contribution is -0.116. The van der Waals surface area contributed by atoms with Gasteiger partial charge in [-0.25, -0.2) is 0 Å². The second-order valence-electron chi connectivity index (χ2n) is 3.75. The molecule has 0 aromatic rings. The van der Waals surface area contributed by atoms with E-state index < -0.39 is 0 Å². The molecule has 0 unspecified atom stereocenters. The van der Waals surface area contributed by atoms with Crippen LogP contribution in [-0.2, 0) is 4.79 Å². The molecule has 0 aromatic carbocycles. The summed E-state index contributed by atoms with van der Waals surface area (Å²) in [6, 6.07) is 1.74. The van der Waals surface area contributed by atoms with Gasteiger partial charge in [0.1, 0.15) is 6.07 Å². The number of ketones is 1. The number of carbonyl (C=O) groups excluding carboxylic acids is 1. The zero-order chi connectivity index (χ0) is 9.07. The normalized spacial score (nSPS) is 10.4. The summed E-state index contributed by atoms with van der Waals surface area (Å²) in [7, 11) is 0. The minimum absolute atomic E-state index is 0.0555. The van der Waals surface area contributed by atoms with Crippen LogP contribution in [0.1, 0.15) is 27.2 Å². The fraction of sp³-hybridized carbons (Fsp3) is 0.556. The summed E-state index contributed by atoms with van der Waals surface area (Å²) in [5, 5.41) is 8.33. The van der Waals surface area contributed by atoms with Crippen LogP contribution in [-0.4, -0.2) is 5.78 Å². The predicted molar refractivity (Wildman–Crippen MR) is 43.8 cm³/mol. The molecular weight excluding hydrogens is 138 g/mol. The molecular formula is C9H13NO. The lowest BCUT2D eigenvalue weighted by Crippen LogP contribution is -2.13. The van der Waals surface area contributed by atoms with Gasteiger partial charge < -0.3 is 0 Å².